The van der Waals surface area contributed by atoms with Crippen LogP contribution >= 0.6 is 22.9 Å². The number of anilines is 1. The summed E-state index contributed by atoms with van der Waals surface area (Å²) in [5.74, 6) is 0.563. The number of ether oxygens (including phenoxy) is 1. The first-order valence-corrected chi connectivity index (χ1v) is 11.6. The smallest absolute Gasteiger partial charge is 0.319 e. The van der Waals surface area contributed by atoms with Gasteiger partial charge in [-0.05, 0) is 55.8 Å². The molecule has 0 saturated heterocycles. The molecule has 0 spiro atoms. The van der Waals surface area contributed by atoms with Crippen LogP contribution in [0.1, 0.15) is 35.9 Å². The fraction of sp³-hybridized carbons (Fsp3) is 0.348. The van der Waals surface area contributed by atoms with Gasteiger partial charge in [0.15, 0.2) is 0 Å². The number of amides is 2. The van der Waals surface area contributed by atoms with E-state index in [1.807, 2.05) is 30.4 Å². The molecule has 0 saturated carbocycles. The quantitative estimate of drug-likeness (QED) is 0.515. The van der Waals surface area contributed by atoms with Crippen LogP contribution in [0.2, 0.25) is 5.02 Å². The van der Waals surface area contributed by atoms with Gasteiger partial charge in [0.1, 0.15) is 10.8 Å². The van der Waals surface area contributed by atoms with E-state index in [4.69, 9.17) is 16.3 Å². The molecule has 0 radical (unpaired) electrons. The third-order valence-electron chi connectivity index (χ3n) is 5.63. The summed E-state index contributed by atoms with van der Waals surface area (Å²) in [4.78, 5) is 16.7. The molecule has 2 amide bonds. The Balaban J connectivity index is 1.59. The van der Waals surface area contributed by atoms with Gasteiger partial charge in [0, 0.05) is 40.9 Å². The van der Waals surface area contributed by atoms with Crippen molar-refractivity contribution >= 4 is 34.7 Å². The molecular formula is C23H27ClN4O2S. The van der Waals surface area contributed by atoms with Crippen molar-refractivity contribution in [3.63, 3.8) is 0 Å². The molecule has 1 aliphatic heterocycles. The number of hydrogen-bond acceptors (Lipinski definition) is 4. The second-order valence-corrected chi connectivity index (χ2v) is 9.12. The van der Waals surface area contributed by atoms with Crippen molar-refractivity contribution in [2.24, 2.45) is 0 Å². The molecule has 4 rings (SSSR count). The fourth-order valence-corrected chi connectivity index (χ4v) is 5.67. The van der Waals surface area contributed by atoms with E-state index in [-0.39, 0.29) is 12.1 Å². The first-order chi connectivity index (χ1) is 15.0. The minimum atomic E-state index is -0.294. The maximum Gasteiger partial charge on any atom is 0.319 e. The maximum atomic E-state index is 12.8. The van der Waals surface area contributed by atoms with Crippen LogP contribution < -0.4 is 15.4 Å². The van der Waals surface area contributed by atoms with Gasteiger partial charge >= 0.3 is 6.03 Å². The number of thiophene rings is 1. The SMILES string of the molecule is CCN1CCc2c(sc(-n3cccc3)c2C(C)NC(=O)Nc2cc(Cl)ccc2OC)C1. The van der Waals surface area contributed by atoms with Gasteiger partial charge < -0.3 is 19.9 Å². The molecule has 3 aromatic rings. The molecule has 1 atom stereocenters. The molecule has 8 heteroatoms. The van der Waals surface area contributed by atoms with E-state index < -0.39 is 0 Å². The van der Waals surface area contributed by atoms with E-state index in [0.29, 0.717) is 16.5 Å². The summed E-state index contributed by atoms with van der Waals surface area (Å²) in [5, 5.41) is 7.69. The van der Waals surface area contributed by atoms with Crippen LogP contribution in [0.3, 0.4) is 0 Å². The molecule has 1 aromatic carbocycles. The van der Waals surface area contributed by atoms with Crippen LogP contribution in [0, 0.1) is 0 Å². The van der Waals surface area contributed by atoms with Crippen LogP contribution in [-0.4, -0.2) is 35.7 Å². The minimum Gasteiger partial charge on any atom is -0.495 e. The number of benzene rings is 1. The Hall–Kier alpha value is -2.48. The number of fused-ring (bicyclic) bond motifs is 1. The normalized spacial score (nSPS) is 14.7. The van der Waals surface area contributed by atoms with E-state index >= 15 is 0 Å². The average Bonchev–Trinajstić information content (AvgIpc) is 3.40. The number of carbonyl (C=O) groups excluding carboxylic acids is 1. The first kappa shape index (κ1) is 21.7. The first-order valence-electron chi connectivity index (χ1n) is 10.4. The monoisotopic (exact) mass is 458 g/mol. The van der Waals surface area contributed by atoms with Crippen LogP contribution in [0.4, 0.5) is 10.5 Å². The summed E-state index contributed by atoms with van der Waals surface area (Å²) in [5.41, 5.74) is 3.10. The second-order valence-electron chi connectivity index (χ2n) is 7.60. The zero-order valence-electron chi connectivity index (χ0n) is 17.9. The number of rotatable bonds is 6. The molecule has 0 aliphatic carbocycles. The summed E-state index contributed by atoms with van der Waals surface area (Å²) in [6, 6.07) is 8.75. The molecule has 3 heterocycles. The van der Waals surface area contributed by atoms with Gasteiger partial charge in [0.2, 0.25) is 0 Å². The lowest BCUT2D eigenvalue weighted by Gasteiger charge is -2.26. The molecule has 164 valence electrons. The number of methoxy groups -OCH3 is 1. The molecule has 0 bridgehead atoms. The Bertz CT molecular complexity index is 1060. The number of nitrogens with one attached hydrogen (secondary N) is 2. The van der Waals surface area contributed by atoms with Crippen molar-refractivity contribution in [2.75, 3.05) is 25.5 Å². The predicted octanol–water partition coefficient (Wildman–Crippen LogP) is 5.46. The Morgan fingerprint density at radius 3 is 2.81 bits per heavy atom. The van der Waals surface area contributed by atoms with Crippen molar-refractivity contribution in [3.8, 4) is 10.8 Å². The summed E-state index contributed by atoms with van der Waals surface area (Å²) >= 11 is 7.91. The zero-order valence-corrected chi connectivity index (χ0v) is 19.5. The van der Waals surface area contributed by atoms with Crippen LogP contribution in [-0.2, 0) is 13.0 Å². The molecule has 2 N–H and O–H groups in total. The van der Waals surface area contributed by atoms with Gasteiger partial charge in [0.25, 0.3) is 0 Å². The number of urea groups is 1. The van der Waals surface area contributed by atoms with E-state index in [1.165, 1.54) is 21.0 Å². The van der Waals surface area contributed by atoms with E-state index in [1.54, 1.807) is 25.3 Å². The Labute approximate surface area is 191 Å². The van der Waals surface area contributed by atoms with E-state index in [9.17, 15) is 4.79 Å². The third-order valence-corrected chi connectivity index (χ3v) is 7.11. The largest absolute Gasteiger partial charge is 0.495 e. The number of aromatic nitrogens is 1. The molecule has 0 fully saturated rings. The number of hydrogen-bond donors (Lipinski definition) is 2. The van der Waals surface area contributed by atoms with Crippen molar-refractivity contribution in [1.82, 2.24) is 14.8 Å². The van der Waals surface area contributed by atoms with Crippen LogP contribution in [0.15, 0.2) is 42.7 Å². The van der Waals surface area contributed by atoms with Gasteiger partial charge in [-0.25, -0.2) is 4.79 Å². The summed E-state index contributed by atoms with van der Waals surface area (Å²) < 4.78 is 7.48. The average molecular weight is 459 g/mol. The maximum absolute atomic E-state index is 12.8. The summed E-state index contributed by atoms with van der Waals surface area (Å²) in [6.07, 6.45) is 5.11. The van der Waals surface area contributed by atoms with Crippen molar-refractivity contribution in [1.29, 1.82) is 0 Å². The van der Waals surface area contributed by atoms with E-state index in [0.717, 1.165) is 26.1 Å². The van der Waals surface area contributed by atoms with Gasteiger partial charge in [-0.3, -0.25) is 4.90 Å². The number of carbonyl (C=O) groups is 1. The van der Waals surface area contributed by atoms with Gasteiger partial charge in [-0.2, -0.15) is 0 Å². The van der Waals surface area contributed by atoms with Gasteiger partial charge in [0.05, 0.1) is 18.8 Å². The zero-order chi connectivity index (χ0) is 22.0. The lowest BCUT2D eigenvalue weighted by atomic mass is 9.98. The fourth-order valence-electron chi connectivity index (χ4n) is 4.05. The summed E-state index contributed by atoms with van der Waals surface area (Å²) in [7, 11) is 1.57. The number of likely N-dealkylation sites (N-methyl/N-ethyl adjacent to an activating group) is 1. The van der Waals surface area contributed by atoms with Gasteiger partial charge in [-0.15, -0.1) is 11.3 Å². The molecule has 1 aliphatic rings. The third kappa shape index (κ3) is 4.59. The number of nitrogens with zero attached hydrogens (tertiary/aromatic N) is 2. The second kappa shape index (κ2) is 9.34. The number of halogens is 1. The Morgan fingerprint density at radius 1 is 1.32 bits per heavy atom. The minimum absolute atomic E-state index is 0.157. The van der Waals surface area contributed by atoms with Crippen LogP contribution in [0.5, 0.6) is 5.75 Å². The lowest BCUT2D eigenvalue weighted by Crippen LogP contribution is -2.33. The lowest BCUT2D eigenvalue weighted by molar-refractivity contribution is 0.249. The molecule has 1 unspecified atom stereocenters. The molecule has 31 heavy (non-hydrogen) atoms. The van der Waals surface area contributed by atoms with Crippen LogP contribution in [0.25, 0.3) is 5.00 Å². The highest BCUT2D eigenvalue weighted by molar-refractivity contribution is 7.15. The molecular weight excluding hydrogens is 432 g/mol. The van der Waals surface area contributed by atoms with Gasteiger partial charge in [-0.1, -0.05) is 18.5 Å². The summed E-state index contributed by atoms with van der Waals surface area (Å²) in [6.45, 7) is 7.28. The highest BCUT2D eigenvalue weighted by Gasteiger charge is 2.28. The Morgan fingerprint density at radius 2 is 2.10 bits per heavy atom. The van der Waals surface area contributed by atoms with Crippen molar-refractivity contribution in [2.45, 2.75) is 32.9 Å². The van der Waals surface area contributed by atoms with Crippen molar-refractivity contribution in [3.05, 3.63) is 63.8 Å². The predicted molar refractivity (Wildman–Crippen MR) is 127 cm³/mol. The van der Waals surface area contributed by atoms with Crippen molar-refractivity contribution < 1.29 is 9.53 Å². The standard InChI is InChI=1S/C23H27ClN4O2S/c1-4-27-12-9-17-20(14-27)31-22(28-10-5-6-11-28)21(17)15(2)25-23(29)26-18-13-16(24)7-8-19(18)30-3/h5-8,10-11,13,15H,4,9,12,14H2,1-3H3,(H2,25,26,29). The van der Waals surface area contributed by atoms with E-state index in [2.05, 4.69) is 39.4 Å². The molecule has 2 aromatic heterocycles. The highest BCUT2D eigenvalue weighted by atomic mass is 35.5. The topological polar surface area (TPSA) is 58.5 Å². The highest BCUT2D eigenvalue weighted by Crippen LogP contribution is 2.39. The molecule has 6 nitrogen and oxygen atoms in total. The Kier molecular flexibility index (Phi) is 6.55.